The van der Waals surface area contributed by atoms with Crippen LogP contribution in [0.1, 0.15) is 0 Å². The Kier molecular flexibility index (Phi) is 7.53. The Morgan fingerprint density at radius 2 is 1.24 bits per heavy atom. The molecule has 0 aromatic carbocycles. The quantitative estimate of drug-likeness (QED) is 0.453. The van der Waals surface area contributed by atoms with E-state index in [0.717, 1.165) is 11.4 Å². The van der Waals surface area contributed by atoms with E-state index in [9.17, 15) is 0 Å². The van der Waals surface area contributed by atoms with Crippen LogP contribution in [0.25, 0.3) is 11.4 Å². The predicted octanol–water partition coefficient (Wildman–Crippen LogP) is 1.90. The van der Waals surface area contributed by atoms with E-state index in [-0.39, 0.29) is 22.4 Å². The molecule has 92 valence electrons. The number of hydrogen-bond acceptors (Lipinski definition) is 5. The van der Waals surface area contributed by atoms with Crippen LogP contribution in [0.4, 0.5) is 0 Å². The summed E-state index contributed by atoms with van der Waals surface area (Å²) < 4.78 is 0. The van der Waals surface area contributed by atoms with Crippen LogP contribution >= 0.6 is 0 Å². The Bertz CT molecular complexity index is 398. The van der Waals surface area contributed by atoms with Crippen LogP contribution in [0.2, 0.25) is 0 Å². The van der Waals surface area contributed by atoms with Crippen molar-refractivity contribution in [1.82, 2.24) is 9.97 Å². The molecule has 0 saturated carbocycles. The van der Waals surface area contributed by atoms with Crippen molar-refractivity contribution in [3.63, 3.8) is 0 Å². The first-order valence-corrected chi connectivity index (χ1v) is 4.34. The second kappa shape index (κ2) is 8.40. The fourth-order valence-electron chi connectivity index (χ4n) is 1.03. The Hall–Kier alpha value is -1.76. The third kappa shape index (κ3) is 6.41. The van der Waals surface area contributed by atoms with Gasteiger partial charge in [-0.15, -0.1) is 0 Å². The van der Waals surface area contributed by atoms with Crippen molar-refractivity contribution < 1.29 is 27.5 Å². The summed E-state index contributed by atoms with van der Waals surface area (Å²) in [6, 6.07) is 11.6. The first kappa shape index (κ1) is 15.2. The monoisotopic (exact) mass is 325 g/mol. The third-order valence-corrected chi connectivity index (χ3v) is 1.59. The van der Waals surface area contributed by atoms with Crippen molar-refractivity contribution in [2.45, 2.75) is 0 Å². The summed E-state index contributed by atoms with van der Waals surface area (Å²) >= 11 is 0. The van der Waals surface area contributed by atoms with E-state index in [2.05, 4.69) is 9.97 Å². The molecule has 17 heavy (non-hydrogen) atoms. The molecular weight excluding hydrogens is 318 g/mol. The molecule has 0 aliphatic carbocycles. The summed E-state index contributed by atoms with van der Waals surface area (Å²) in [5, 5.41) is 14.8. The fraction of sp³-hybridized carbons (Fsp3) is 0. The molecule has 2 aromatic rings. The van der Waals surface area contributed by atoms with Gasteiger partial charge in [-0.3, -0.25) is 9.97 Å². The molecule has 0 bridgehead atoms. The summed E-state index contributed by atoms with van der Waals surface area (Å²) in [4.78, 5) is 16.6. The van der Waals surface area contributed by atoms with E-state index in [4.69, 9.17) is 15.3 Å². The van der Waals surface area contributed by atoms with E-state index in [1.807, 2.05) is 36.4 Å². The van der Waals surface area contributed by atoms with Gasteiger partial charge in [-0.25, -0.2) is 0 Å². The van der Waals surface area contributed by atoms with Gasteiger partial charge in [-0.1, -0.05) is 12.1 Å². The molecule has 2 heterocycles. The minimum atomic E-state index is -1.75. The van der Waals surface area contributed by atoms with Crippen LogP contribution in [0, 0.1) is 15.3 Å². The van der Waals surface area contributed by atoms with Gasteiger partial charge >= 0.3 is 22.4 Å². The van der Waals surface area contributed by atoms with Gasteiger partial charge < -0.3 is 15.3 Å². The molecule has 0 amide bonds. The molecule has 0 radical (unpaired) electrons. The molecule has 0 fully saturated rings. The summed E-state index contributed by atoms with van der Waals surface area (Å²) in [7, 11) is 0. The van der Waals surface area contributed by atoms with E-state index in [1.165, 1.54) is 0 Å². The molecule has 2 rings (SSSR count). The zero-order chi connectivity index (χ0) is 11.8. The van der Waals surface area contributed by atoms with Crippen molar-refractivity contribution >= 4 is 0 Å². The molecule has 2 aromatic heterocycles. The van der Waals surface area contributed by atoms with Crippen LogP contribution < -0.4 is 0 Å². The molecule has 0 N–H and O–H groups in total. The number of hydrogen-bond donors (Lipinski definition) is 0. The zero-order valence-electron chi connectivity index (χ0n) is 8.49. The van der Waals surface area contributed by atoms with Gasteiger partial charge in [0.05, 0.1) is 16.5 Å². The summed E-state index contributed by atoms with van der Waals surface area (Å²) in [6.07, 6.45) is 3.54. The summed E-state index contributed by atoms with van der Waals surface area (Å²) in [5.74, 6) is 0. The molecule has 0 aliphatic heterocycles. The predicted molar refractivity (Wildman–Crippen MR) is 57.8 cm³/mol. The van der Waals surface area contributed by atoms with Gasteiger partial charge in [0, 0.05) is 12.4 Å². The molecule has 0 aliphatic rings. The van der Waals surface area contributed by atoms with E-state index in [1.54, 1.807) is 12.4 Å². The van der Waals surface area contributed by atoms with Gasteiger partial charge in [-0.05, 0) is 24.3 Å². The van der Waals surface area contributed by atoms with Crippen LogP contribution in [-0.4, -0.2) is 15.1 Å². The summed E-state index contributed by atoms with van der Waals surface area (Å²) in [6.45, 7) is 0. The molecule has 0 saturated heterocycles. The average molecular weight is 326 g/mol. The first-order chi connectivity index (χ1) is 7.70. The van der Waals surface area contributed by atoms with Gasteiger partial charge in [0.15, 0.2) is 0 Å². The molecule has 0 atom stereocenters. The van der Waals surface area contributed by atoms with Gasteiger partial charge in [0.2, 0.25) is 0 Å². The normalized spacial score (nSPS) is 8.24. The largest absolute Gasteiger partial charge is 1.00 e. The minimum Gasteiger partial charge on any atom is -0.356 e. The Balaban J connectivity index is 0.000000453. The average Bonchev–Trinajstić information content (AvgIpc) is 2.31. The number of nitrogens with zero attached hydrogens (tertiary/aromatic N) is 3. The van der Waals surface area contributed by atoms with Crippen molar-refractivity contribution in [3.8, 4) is 11.4 Å². The smallest absolute Gasteiger partial charge is 0.356 e. The topological polar surface area (TPSA) is 92.0 Å². The maximum atomic E-state index is 8.25. The van der Waals surface area contributed by atoms with Crippen molar-refractivity contribution in [2.75, 3.05) is 0 Å². The molecule has 7 heteroatoms. The number of aromatic nitrogens is 2. The second-order valence-corrected chi connectivity index (χ2v) is 2.65. The van der Waals surface area contributed by atoms with Crippen molar-refractivity contribution in [2.24, 2.45) is 0 Å². The van der Waals surface area contributed by atoms with Crippen LogP contribution in [0.5, 0.6) is 0 Å². The third-order valence-electron chi connectivity index (χ3n) is 1.59. The zero-order valence-corrected chi connectivity index (χ0v) is 9.97. The Morgan fingerprint density at radius 3 is 1.47 bits per heavy atom. The number of rotatable bonds is 1. The van der Waals surface area contributed by atoms with E-state index >= 15 is 0 Å². The van der Waals surface area contributed by atoms with Crippen LogP contribution in [0.15, 0.2) is 48.8 Å². The molecule has 0 unspecified atom stereocenters. The van der Waals surface area contributed by atoms with E-state index < -0.39 is 5.09 Å². The number of pyridine rings is 2. The van der Waals surface area contributed by atoms with Crippen molar-refractivity contribution in [3.05, 3.63) is 64.1 Å². The summed E-state index contributed by atoms with van der Waals surface area (Å²) in [5.41, 5.74) is 1.83. The fourth-order valence-corrected chi connectivity index (χ4v) is 1.03. The minimum absolute atomic E-state index is 0. The Morgan fingerprint density at radius 1 is 0.882 bits per heavy atom. The van der Waals surface area contributed by atoms with Crippen LogP contribution in [0.3, 0.4) is 0 Å². The standard InChI is InChI=1S/C10H8N2.Ag.NO3/c1-3-7-11-9(5-1)10-6-2-4-8-12-10;;2-1(3)4/h1-8H;;/q;+1;-1. The van der Waals surface area contributed by atoms with Gasteiger partial charge in [0.25, 0.3) is 0 Å². The van der Waals surface area contributed by atoms with E-state index in [0.29, 0.717) is 0 Å². The second-order valence-electron chi connectivity index (χ2n) is 2.65. The van der Waals surface area contributed by atoms with Crippen LogP contribution in [-0.2, 0) is 22.4 Å². The molecule has 6 nitrogen and oxygen atoms in total. The SMILES string of the molecule is O=[N+]([O-])[O-].[Ag+].c1ccc(-c2ccccn2)nc1. The maximum absolute atomic E-state index is 8.25. The Labute approximate surface area is 113 Å². The van der Waals surface area contributed by atoms with Crippen molar-refractivity contribution in [1.29, 1.82) is 0 Å². The van der Waals surface area contributed by atoms with Gasteiger partial charge in [-0.2, -0.15) is 0 Å². The maximum Gasteiger partial charge on any atom is 1.00 e. The van der Waals surface area contributed by atoms with Gasteiger partial charge in [0.1, 0.15) is 0 Å². The first-order valence-electron chi connectivity index (χ1n) is 4.34. The molecular formula is C10H8AgN3O3. The molecule has 0 spiro atoms.